The van der Waals surface area contributed by atoms with Crippen molar-refractivity contribution in [2.75, 3.05) is 17.9 Å². The van der Waals surface area contributed by atoms with Gasteiger partial charge in [-0.25, -0.2) is 23.1 Å². The topological polar surface area (TPSA) is 117 Å². The molecular formula is C21H17N5O5S. The van der Waals surface area contributed by atoms with Gasteiger partial charge < -0.3 is 14.2 Å². The fourth-order valence-corrected chi connectivity index (χ4v) is 4.11. The standard InChI is InChI=1S/C21H17N5O5S/c27-32(28,17-6-7-18-19(12-17)30-11-10-29-18)25-15-2-4-16(5-3-15)31-21-13-20(22-14-23-21)26-9-1-8-24-26/h1-9,12-14,25H,10-11H2. The molecule has 2 aromatic heterocycles. The number of hydrogen-bond acceptors (Lipinski definition) is 8. The highest BCUT2D eigenvalue weighted by Gasteiger charge is 2.19. The van der Waals surface area contributed by atoms with E-state index in [1.165, 1.54) is 18.5 Å². The number of anilines is 1. The Morgan fingerprint density at radius 3 is 2.56 bits per heavy atom. The third-order valence-electron chi connectivity index (χ3n) is 4.52. The molecule has 0 saturated heterocycles. The van der Waals surface area contributed by atoms with E-state index in [4.69, 9.17) is 14.2 Å². The molecule has 0 spiro atoms. The molecule has 0 atom stereocenters. The van der Waals surface area contributed by atoms with Crippen LogP contribution < -0.4 is 18.9 Å². The zero-order chi connectivity index (χ0) is 22.0. The first kappa shape index (κ1) is 19.8. The molecule has 0 fully saturated rings. The number of aromatic nitrogens is 4. The van der Waals surface area contributed by atoms with Gasteiger partial charge in [0.25, 0.3) is 10.0 Å². The minimum absolute atomic E-state index is 0.0780. The molecule has 162 valence electrons. The van der Waals surface area contributed by atoms with Crippen LogP contribution in [0.25, 0.3) is 5.82 Å². The molecule has 0 aliphatic carbocycles. The highest BCUT2D eigenvalue weighted by Crippen LogP contribution is 2.33. The molecule has 32 heavy (non-hydrogen) atoms. The van der Waals surface area contributed by atoms with Crippen molar-refractivity contribution in [2.24, 2.45) is 0 Å². The molecule has 5 rings (SSSR count). The molecule has 0 saturated carbocycles. The Hall–Kier alpha value is -4.12. The van der Waals surface area contributed by atoms with E-state index in [0.29, 0.717) is 47.8 Å². The van der Waals surface area contributed by atoms with Crippen LogP contribution >= 0.6 is 0 Å². The number of hydrogen-bond donors (Lipinski definition) is 1. The van der Waals surface area contributed by atoms with Gasteiger partial charge in [0.05, 0.1) is 4.90 Å². The van der Waals surface area contributed by atoms with Crippen molar-refractivity contribution in [3.63, 3.8) is 0 Å². The second-order valence-electron chi connectivity index (χ2n) is 6.70. The monoisotopic (exact) mass is 451 g/mol. The number of benzene rings is 2. The molecule has 4 aromatic rings. The summed E-state index contributed by atoms with van der Waals surface area (Å²) in [4.78, 5) is 8.32. The largest absolute Gasteiger partial charge is 0.486 e. The van der Waals surface area contributed by atoms with Gasteiger partial charge >= 0.3 is 0 Å². The van der Waals surface area contributed by atoms with Crippen LogP contribution in [-0.2, 0) is 10.0 Å². The van der Waals surface area contributed by atoms with E-state index >= 15 is 0 Å². The summed E-state index contributed by atoms with van der Waals surface area (Å²) in [7, 11) is -3.81. The number of nitrogens with zero attached hydrogens (tertiary/aromatic N) is 4. The van der Waals surface area contributed by atoms with E-state index < -0.39 is 10.0 Å². The fourth-order valence-electron chi connectivity index (χ4n) is 3.03. The minimum atomic E-state index is -3.81. The molecule has 0 radical (unpaired) electrons. The van der Waals surface area contributed by atoms with Crippen LogP contribution in [0.5, 0.6) is 23.1 Å². The lowest BCUT2D eigenvalue weighted by Gasteiger charge is -2.19. The van der Waals surface area contributed by atoms with E-state index in [1.807, 2.05) is 0 Å². The van der Waals surface area contributed by atoms with Gasteiger partial charge in [-0.05, 0) is 42.5 Å². The highest BCUT2D eigenvalue weighted by molar-refractivity contribution is 7.92. The summed E-state index contributed by atoms with van der Waals surface area (Å²) in [5, 5.41) is 4.12. The molecule has 1 N–H and O–H groups in total. The van der Waals surface area contributed by atoms with Gasteiger partial charge in [-0.1, -0.05) is 0 Å². The summed E-state index contributed by atoms with van der Waals surface area (Å²) in [5.74, 6) is 2.30. The number of ether oxygens (including phenoxy) is 3. The third-order valence-corrected chi connectivity index (χ3v) is 5.90. The van der Waals surface area contributed by atoms with Crippen LogP contribution in [0.3, 0.4) is 0 Å². The molecule has 1 aliphatic rings. The first-order valence-corrected chi connectivity index (χ1v) is 11.1. The second-order valence-corrected chi connectivity index (χ2v) is 8.38. The fraction of sp³-hybridized carbons (Fsp3) is 0.0952. The van der Waals surface area contributed by atoms with Crippen molar-refractivity contribution in [3.8, 4) is 28.9 Å². The number of rotatable bonds is 6. The number of fused-ring (bicyclic) bond motifs is 1. The van der Waals surface area contributed by atoms with E-state index in [2.05, 4.69) is 19.8 Å². The summed E-state index contributed by atoms with van der Waals surface area (Å²) in [6.07, 6.45) is 4.78. The van der Waals surface area contributed by atoms with Crippen molar-refractivity contribution in [3.05, 3.63) is 73.3 Å². The number of sulfonamides is 1. The maximum Gasteiger partial charge on any atom is 0.262 e. The van der Waals surface area contributed by atoms with Gasteiger partial charge in [0.1, 0.15) is 25.3 Å². The molecule has 11 heteroatoms. The molecule has 0 unspecified atom stereocenters. The average Bonchev–Trinajstić information content (AvgIpc) is 3.35. The van der Waals surface area contributed by atoms with Crippen molar-refractivity contribution in [2.45, 2.75) is 4.90 Å². The van der Waals surface area contributed by atoms with Crippen molar-refractivity contribution in [1.82, 2.24) is 19.7 Å². The van der Waals surface area contributed by atoms with Crippen LogP contribution in [0.2, 0.25) is 0 Å². The Morgan fingerprint density at radius 1 is 0.969 bits per heavy atom. The van der Waals surface area contributed by atoms with Gasteiger partial charge in [0.2, 0.25) is 5.88 Å². The summed E-state index contributed by atoms with van der Waals surface area (Å²) < 4.78 is 46.3. The lowest BCUT2D eigenvalue weighted by molar-refractivity contribution is 0.171. The predicted octanol–water partition coefficient (Wildman–Crippen LogP) is 3.03. The molecule has 3 heterocycles. The minimum Gasteiger partial charge on any atom is -0.486 e. The Kier molecular flexibility index (Phi) is 5.07. The van der Waals surface area contributed by atoms with Gasteiger partial charge in [0, 0.05) is 30.2 Å². The predicted molar refractivity (Wildman–Crippen MR) is 114 cm³/mol. The zero-order valence-electron chi connectivity index (χ0n) is 16.6. The molecule has 2 aromatic carbocycles. The molecule has 0 bridgehead atoms. The van der Waals surface area contributed by atoms with Crippen LogP contribution in [-0.4, -0.2) is 41.4 Å². The Bertz CT molecular complexity index is 1340. The maximum atomic E-state index is 12.7. The SMILES string of the molecule is O=S(=O)(Nc1ccc(Oc2cc(-n3cccn3)ncn2)cc1)c1ccc2c(c1)OCCO2. The summed E-state index contributed by atoms with van der Waals surface area (Å²) in [6, 6.07) is 14.4. The summed E-state index contributed by atoms with van der Waals surface area (Å²) >= 11 is 0. The smallest absolute Gasteiger partial charge is 0.262 e. The number of nitrogens with one attached hydrogen (secondary N) is 1. The Balaban J connectivity index is 1.29. The van der Waals surface area contributed by atoms with Gasteiger partial charge in [-0.15, -0.1) is 0 Å². The Labute approximate surface area is 183 Å². The van der Waals surface area contributed by atoms with E-state index in [0.717, 1.165) is 0 Å². The highest BCUT2D eigenvalue weighted by atomic mass is 32.2. The summed E-state index contributed by atoms with van der Waals surface area (Å²) in [6.45, 7) is 0.812. The first-order valence-electron chi connectivity index (χ1n) is 9.59. The van der Waals surface area contributed by atoms with E-state index in [1.54, 1.807) is 59.5 Å². The average molecular weight is 451 g/mol. The summed E-state index contributed by atoms with van der Waals surface area (Å²) in [5.41, 5.74) is 0.382. The lowest BCUT2D eigenvalue weighted by Crippen LogP contribution is -2.17. The van der Waals surface area contributed by atoms with Crippen molar-refractivity contribution in [1.29, 1.82) is 0 Å². The van der Waals surface area contributed by atoms with E-state index in [9.17, 15) is 8.42 Å². The normalized spacial score (nSPS) is 12.9. The van der Waals surface area contributed by atoms with Crippen LogP contribution in [0, 0.1) is 0 Å². The van der Waals surface area contributed by atoms with Gasteiger partial charge in [-0.2, -0.15) is 5.10 Å². The maximum absolute atomic E-state index is 12.7. The first-order chi connectivity index (χ1) is 15.6. The van der Waals surface area contributed by atoms with Crippen LogP contribution in [0.1, 0.15) is 0 Å². The zero-order valence-corrected chi connectivity index (χ0v) is 17.4. The van der Waals surface area contributed by atoms with E-state index in [-0.39, 0.29) is 4.90 Å². The van der Waals surface area contributed by atoms with Crippen LogP contribution in [0.15, 0.2) is 78.2 Å². The molecular weight excluding hydrogens is 434 g/mol. The molecule has 1 aliphatic heterocycles. The lowest BCUT2D eigenvalue weighted by atomic mass is 10.3. The Morgan fingerprint density at radius 2 is 1.78 bits per heavy atom. The molecule has 10 nitrogen and oxygen atoms in total. The quantitative estimate of drug-likeness (QED) is 0.475. The second kappa shape index (κ2) is 8.19. The van der Waals surface area contributed by atoms with Crippen molar-refractivity contribution < 1.29 is 22.6 Å². The van der Waals surface area contributed by atoms with Crippen molar-refractivity contribution >= 4 is 15.7 Å². The van der Waals surface area contributed by atoms with Gasteiger partial charge in [-0.3, -0.25) is 4.72 Å². The third kappa shape index (κ3) is 4.18. The van der Waals surface area contributed by atoms with Gasteiger partial charge in [0.15, 0.2) is 17.3 Å². The molecule has 0 amide bonds. The van der Waals surface area contributed by atoms with Crippen LogP contribution in [0.4, 0.5) is 5.69 Å².